The predicted molar refractivity (Wildman–Crippen MR) is 62.2 cm³/mol. The Hall–Kier alpha value is -2.15. The highest BCUT2D eigenvalue weighted by Crippen LogP contribution is 2.21. The molecule has 0 aliphatic rings. The molecule has 88 valence electrons. The number of halogens is 1. The molecule has 0 radical (unpaired) electrons. The van der Waals surface area contributed by atoms with E-state index in [1.807, 2.05) is 0 Å². The molecule has 2 aromatic heterocycles. The largest absolute Gasteiger partial charge is 0.378 e. The number of nitrogens with zero attached hydrogens (tertiary/aromatic N) is 4. The van der Waals surface area contributed by atoms with Gasteiger partial charge in [-0.05, 0) is 13.0 Å². The van der Waals surface area contributed by atoms with Crippen LogP contribution in [0.5, 0.6) is 0 Å². The van der Waals surface area contributed by atoms with Crippen molar-refractivity contribution in [2.24, 2.45) is 0 Å². The molecule has 0 aliphatic carbocycles. The second-order valence-corrected chi connectivity index (χ2v) is 3.75. The van der Waals surface area contributed by atoms with Gasteiger partial charge in [0.25, 0.3) is 0 Å². The second kappa shape index (κ2) is 4.02. The second-order valence-electron chi connectivity index (χ2n) is 3.34. The summed E-state index contributed by atoms with van der Waals surface area (Å²) < 4.78 is 1.41. The summed E-state index contributed by atoms with van der Waals surface area (Å²) in [7, 11) is 0. The van der Waals surface area contributed by atoms with Crippen molar-refractivity contribution in [3.05, 3.63) is 39.2 Å². The molecular weight excluding hydrogens is 246 g/mol. The van der Waals surface area contributed by atoms with Crippen molar-refractivity contribution in [1.29, 1.82) is 0 Å². The van der Waals surface area contributed by atoms with Crippen molar-refractivity contribution in [3.8, 4) is 5.82 Å². The maximum atomic E-state index is 10.6. The van der Waals surface area contributed by atoms with Crippen molar-refractivity contribution in [2.75, 3.05) is 5.73 Å². The lowest BCUT2D eigenvalue weighted by atomic mass is 10.4. The first-order valence-corrected chi connectivity index (χ1v) is 5.00. The van der Waals surface area contributed by atoms with E-state index < -0.39 is 4.92 Å². The van der Waals surface area contributed by atoms with E-state index in [4.69, 9.17) is 17.3 Å². The van der Waals surface area contributed by atoms with E-state index in [1.54, 1.807) is 13.1 Å². The third kappa shape index (κ3) is 2.04. The van der Waals surface area contributed by atoms with Crippen molar-refractivity contribution in [3.63, 3.8) is 0 Å². The topological polar surface area (TPSA) is 99.9 Å². The van der Waals surface area contributed by atoms with Crippen LogP contribution in [-0.2, 0) is 0 Å². The van der Waals surface area contributed by atoms with Crippen LogP contribution >= 0.6 is 11.6 Å². The molecule has 0 unspecified atom stereocenters. The summed E-state index contributed by atoms with van der Waals surface area (Å²) in [5, 5.41) is 15.2. The van der Waals surface area contributed by atoms with E-state index in [0.29, 0.717) is 16.5 Å². The van der Waals surface area contributed by atoms with Crippen LogP contribution in [0.4, 0.5) is 11.5 Å². The molecular formula is C9H8ClN5O2. The number of nitro groups is 1. The smallest absolute Gasteiger partial charge is 0.311 e. The Morgan fingerprint density at radius 3 is 2.71 bits per heavy atom. The molecule has 0 aromatic carbocycles. The zero-order valence-corrected chi connectivity index (χ0v) is 9.55. The van der Waals surface area contributed by atoms with E-state index in [2.05, 4.69) is 10.1 Å². The normalized spacial score (nSPS) is 10.5. The number of aromatic nitrogens is 3. The molecule has 0 aliphatic heterocycles. The Balaban J connectivity index is 2.47. The molecule has 7 nitrogen and oxygen atoms in total. The molecule has 2 rings (SSSR count). The minimum absolute atomic E-state index is 0.156. The van der Waals surface area contributed by atoms with Gasteiger partial charge in [0.05, 0.1) is 21.8 Å². The Morgan fingerprint density at radius 2 is 2.24 bits per heavy atom. The van der Waals surface area contributed by atoms with Crippen molar-refractivity contribution < 1.29 is 4.92 Å². The SMILES string of the molecule is Cc1nn(-c2ccc([N+](=O)[O-])c(N)n2)cc1Cl. The lowest BCUT2D eigenvalue weighted by Crippen LogP contribution is -2.04. The minimum Gasteiger partial charge on any atom is -0.378 e. The van der Waals surface area contributed by atoms with E-state index in [0.717, 1.165) is 0 Å². The Bertz CT molecular complexity index is 576. The van der Waals surface area contributed by atoms with Crippen molar-refractivity contribution >= 4 is 23.1 Å². The average molecular weight is 254 g/mol. The maximum absolute atomic E-state index is 10.6. The van der Waals surface area contributed by atoms with E-state index in [-0.39, 0.29) is 11.5 Å². The van der Waals surface area contributed by atoms with Crippen LogP contribution in [-0.4, -0.2) is 19.7 Å². The number of nitrogens with two attached hydrogens (primary N) is 1. The Kier molecular flexibility index (Phi) is 2.68. The summed E-state index contributed by atoms with van der Waals surface area (Å²) >= 11 is 5.85. The van der Waals surface area contributed by atoms with Gasteiger partial charge in [0.15, 0.2) is 5.82 Å². The summed E-state index contributed by atoms with van der Waals surface area (Å²) in [5.41, 5.74) is 5.89. The van der Waals surface area contributed by atoms with Crippen LogP contribution in [0.25, 0.3) is 5.82 Å². The summed E-state index contributed by atoms with van der Waals surface area (Å²) in [4.78, 5) is 13.9. The molecule has 2 heterocycles. The van der Waals surface area contributed by atoms with Gasteiger partial charge in [0.2, 0.25) is 5.82 Å². The van der Waals surface area contributed by atoms with Crippen LogP contribution in [0.2, 0.25) is 5.02 Å². The zero-order valence-electron chi connectivity index (χ0n) is 8.79. The van der Waals surface area contributed by atoms with Crippen LogP contribution in [0.15, 0.2) is 18.3 Å². The van der Waals surface area contributed by atoms with Gasteiger partial charge >= 0.3 is 5.69 Å². The molecule has 0 atom stereocenters. The first kappa shape index (κ1) is 11.3. The van der Waals surface area contributed by atoms with Crippen molar-refractivity contribution in [1.82, 2.24) is 14.8 Å². The first-order chi connectivity index (χ1) is 7.99. The highest BCUT2D eigenvalue weighted by atomic mass is 35.5. The number of aryl methyl sites for hydroxylation is 1. The standard InChI is InChI=1S/C9H8ClN5O2/c1-5-6(10)4-14(13-5)8-3-2-7(15(16)17)9(11)12-8/h2-4H,1H3,(H2,11,12). The first-order valence-electron chi connectivity index (χ1n) is 4.62. The average Bonchev–Trinajstić information content (AvgIpc) is 2.58. The lowest BCUT2D eigenvalue weighted by Gasteiger charge is -2.01. The predicted octanol–water partition coefficient (Wildman–Crippen LogP) is 1.72. The number of anilines is 1. The van der Waals surface area contributed by atoms with Gasteiger partial charge in [0, 0.05) is 6.07 Å². The van der Waals surface area contributed by atoms with Crippen LogP contribution < -0.4 is 5.73 Å². The van der Waals surface area contributed by atoms with Gasteiger partial charge in [-0.1, -0.05) is 11.6 Å². The summed E-state index contributed by atoms with van der Waals surface area (Å²) in [5.74, 6) is 0.222. The fourth-order valence-corrected chi connectivity index (χ4v) is 1.43. The van der Waals surface area contributed by atoms with Crippen LogP contribution in [0.3, 0.4) is 0 Å². The number of pyridine rings is 1. The maximum Gasteiger partial charge on any atom is 0.311 e. The fourth-order valence-electron chi connectivity index (χ4n) is 1.30. The number of nitrogen functional groups attached to an aromatic ring is 1. The van der Waals surface area contributed by atoms with Gasteiger partial charge in [0.1, 0.15) is 0 Å². The monoisotopic (exact) mass is 253 g/mol. The molecule has 0 spiro atoms. The zero-order chi connectivity index (χ0) is 12.6. The van der Waals surface area contributed by atoms with Gasteiger partial charge in [-0.15, -0.1) is 0 Å². The molecule has 0 fully saturated rings. The van der Waals surface area contributed by atoms with Crippen LogP contribution in [0, 0.1) is 17.0 Å². The highest BCUT2D eigenvalue weighted by molar-refractivity contribution is 6.31. The minimum atomic E-state index is -0.590. The van der Waals surface area contributed by atoms with Crippen molar-refractivity contribution in [2.45, 2.75) is 6.92 Å². The Labute approximate surface area is 101 Å². The quantitative estimate of drug-likeness (QED) is 0.649. The molecule has 0 bridgehead atoms. The summed E-state index contributed by atoms with van der Waals surface area (Å²) in [6.45, 7) is 1.74. The molecule has 2 N–H and O–H groups in total. The Morgan fingerprint density at radius 1 is 1.53 bits per heavy atom. The molecule has 0 saturated carbocycles. The highest BCUT2D eigenvalue weighted by Gasteiger charge is 2.14. The number of hydrogen-bond donors (Lipinski definition) is 1. The third-order valence-electron chi connectivity index (χ3n) is 2.16. The number of rotatable bonds is 2. The number of hydrogen-bond acceptors (Lipinski definition) is 5. The fraction of sp³-hybridized carbons (Fsp3) is 0.111. The summed E-state index contributed by atoms with van der Waals surface area (Å²) in [6, 6.07) is 2.74. The van der Waals surface area contributed by atoms with E-state index in [1.165, 1.54) is 16.8 Å². The lowest BCUT2D eigenvalue weighted by molar-refractivity contribution is -0.384. The van der Waals surface area contributed by atoms with Gasteiger partial charge in [-0.3, -0.25) is 10.1 Å². The van der Waals surface area contributed by atoms with Gasteiger partial charge in [-0.25, -0.2) is 9.67 Å². The van der Waals surface area contributed by atoms with Crippen LogP contribution in [0.1, 0.15) is 5.69 Å². The molecule has 8 heteroatoms. The van der Waals surface area contributed by atoms with Gasteiger partial charge in [-0.2, -0.15) is 5.10 Å². The van der Waals surface area contributed by atoms with E-state index in [9.17, 15) is 10.1 Å². The third-order valence-corrected chi connectivity index (χ3v) is 2.53. The summed E-state index contributed by atoms with van der Waals surface area (Å²) in [6.07, 6.45) is 1.56. The van der Waals surface area contributed by atoms with E-state index >= 15 is 0 Å². The molecule has 2 aromatic rings. The molecule has 0 saturated heterocycles. The van der Waals surface area contributed by atoms with Gasteiger partial charge < -0.3 is 5.73 Å². The molecule has 0 amide bonds. The molecule has 17 heavy (non-hydrogen) atoms.